The highest BCUT2D eigenvalue weighted by atomic mass is 19.4. The van der Waals surface area contributed by atoms with Crippen LogP contribution < -0.4 is 15.4 Å². The van der Waals surface area contributed by atoms with Crippen LogP contribution >= 0.6 is 0 Å². The van der Waals surface area contributed by atoms with Gasteiger partial charge in [0.25, 0.3) is 5.56 Å². The average molecular weight is 610 g/mol. The van der Waals surface area contributed by atoms with Crippen molar-refractivity contribution in [2.24, 2.45) is 0 Å². The molecule has 0 saturated carbocycles. The Hall–Kier alpha value is -4.51. The van der Waals surface area contributed by atoms with E-state index < -0.39 is 23.3 Å². The summed E-state index contributed by atoms with van der Waals surface area (Å²) in [5, 5.41) is 13.9. The minimum absolute atomic E-state index is 0.0358. The fourth-order valence-electron chi connectivity index (χ4n) is 6.07. The lowest BCUT2D eigenvalue weighted by molar-refractivity contribution is -0.138. The summed E-state index contributed by atoms with van der Waals surface area (Å²) >= 11 is 0. The van der Waals surface area contributed by atoms with Gasteiger partial charge in [0.1, 0.15) is 11.3 Å². The molecule has 0 N–H and O–H groups in total. The van der Waals surface area contributed by atoms with Crippen molar-refractivity contribution < 1.29 is 18.0 Å². The van der Waals surface area contributed by atoms with Crippen molar-refractivity contribution >= 4 is 28.6 Å². The van der Waals surface area contributed by atoms with Gasteiger partial charge in [-0.2, -0.15) is 33.2 Å². The molecule has 0 bridgehead atoms. The number of amides is 1. The van der Waals surface area contributed by atoms with Gasteiger partial charge in [-0.05, 0) is 37.7 Å². The van der Waals surface area contributed by atoms with Crippen LogP contribution in [0.15, 0.2) is 41.8 Å². The van der Waals surface area contributed by atoms with E-state index in [-0.39, 0.29) is 59.6 Å². The summed E-state index contributed by atoms with van der Waals surface area (Å²) in [7, 11) is 0. The Morgan fingerprint density at radius 2 is 1.89 bits per heavy atom. The number of piperazine rings is 1. The molecule has 0 radical (unpaired) electrons. The van der Waals surface area contributed by atoms with E-state index in [1.165, 1.54) is 37.4 Å². The van der Waals surface area contributed by atoms with Crippen LogP contribution in [0.2, 0.25) is 0 Å². The number of benzene rings is 1. The predicted molar refractivity (Wildman–Crippen MR) is 160 cm³/mol. The molecule has 11 nitrogen and oxygen atoms in total. The van der Waals surface area contributed by atoms with Gasteiger partial charge in [0.15, 0.2) is 0 Å². The highest BCUT2D eigenvalue weighted by molar-refractivity contribution is 5.90. The van der Waals surface area contributed by atoms with Crippen LogP contribution in [-0.2, 0) is 11.0 Å². The first kappa shape index (κ1) is 30.9. The Bertz CT molecular complexity index is 1670. The highest BCUT2D eigenvalue weighted by Gasteiger charge is 2.38. The zero-order valence-corrected chi connectivity index (χ0v) is 24.9. The van der Waals surface area contributed by atoms with Gasteiger partial charge in [-0.1, -0.05) is 32.6 Å². The van der Waals surface area contributed by atoms with Gasteiger partial charge in [0, 0.05) is 38.8 Å². The molecule has 1 aromatic carbocycles. The smallest absolute Gasteiger partial charge is 0.352 e. The van der Waals surface area contributed by atoms with Crippen molar-refractivity contribution in [2.45, 2.75) is 45.5 Å². The number of hydrogen-bond acceptors (Lipinski definition) is 9. The van der Waals surface area contributed by atoms with Gasteiger partial charge in [-0.15, -0.1) is 0 Å². The molecule has 2 saturated heterocycles. The number of nitrogens with zero attached hydrogens (tertiary/aromatic N) is 9. The third-order valence-electron chi connectivity index (χ3n) is 8.41. The van der Waals surface area contributed by atoms with Crippen LogP contribution in [0.5, 0.6) is 0 Å². The Morgan fingerprint density at radius 1 is 1.16 bits per heavy atom. The molecule has 2 aliphatic heterocycles. The van der Waals surface area contributed by atoms with E-state index in [2.05, 4.69) is 41.5 Å². The maximum absolute atomic E-state index is 14.1. The maximum Gasteiger partial charge on any atom is 0.418 e. The lowest BCUT2D eigenvalue weighted by Gasteiger charge is -2.45. The van der Waals surface area contributed by atoms with Crippen molar-refractivity contribution in [3.63, 3.8) is 0 Å². The summed E-state index contributed by atoms with van der Waals surface area (Å²) in [6.45, 7) is 12.9. The van der Waals surface area contributed by atoms with E-state index in [1.807, 2.05) is 9.80 Å². The number of alkyl halides is 3. The molecule has 2 aromatic heterocycles. The normalized spacial score (nSPS) is 17.6. The Kier molecular flexibility index (Phi) is 8.60. The number of carbonyl (C=O) groups excluding carboxylic acids is 1. The van der Waals surface area contributed by atoms with E-state index in [0.717, 1.165) is 17.8 Å². The Balaban J connectivity index is 1.64. The molecular weight excluding hydrogens is 575 g/mol. The molecule has 1 atom stereocenters. The van der Waals surface area contributed by atoms with Crippen LogP contribution in [0.1, 0.15) is 31.4 Å². The van der Waals surface area contributed by atoms with E-state index in [1.54, 1.807) is 4.90 Å². The van der Waals surface area contributed by atoms with Crippen LogP contribution in [0, 0.1) is 18.3 Å². The topological polar surface area (TPSA) is 114 Å². The Morgan fingerprint density at radius 3 is 2.52 bits per heavy atom. The maximum atomic E-state index is 14.1. The lowest BCUT2D eigenvalue weighted by Crippen LogP contribution is -2.60. The highest BCUT2D eigenvalue weighted by Crippen LogP contribution is 2.36. The second-order valence-electron chi connectivity index (χ2n) is 10.9. The summed E-state index contributed by atoms with van der Waals surface area (Å²) in [4.78, 5) is 43.6. The van der Waals surface area contributed by atoms with Gasteiger partial charge in [-0.3, -0.25) is 14.5 Å². The minimum atomic E-state index is -4.71. The van der Waals surface area contributed by atoms with Gasteiger partial charge in [0.2, 0.25) is 11.9 Å². The fourth-order valence-corrected chi connectivity index (χ4v) is 6.07. The average Bonchev–Trinajstić information content (AvgIpc) is 2.97. The summed E-state index contributed by atoms with van der Waals surface area (Å²) in [5.41, 5.74) is -2.25. The number of rotatable bonds is 8. The van der Waals surface area contributed by atoms with Crippen molar-refractivity contribution in [1.82, 2.24) is 29.5 Å². The number of aromatic nitrogens is 4. The third kappa shape index (κ3) is 5.59. The molecule has 1 amide bonds. The van der Waals surface area contributed by atoms with E-state index in [0.29, 0.717) is 25.5 Å². The second kappa shape index (κ2) is 12.2. The van der Waals surface area contributed by atoms with Crippen molar-refractivity contribution in [2.75, 3.05) is 55.6 Å². The van der Waals surface area contributed by atoms with Gasteiger partial charge >= 0.3 is 6.18 Å². The summed E-state index contributed by atoms with van der Waals surface area (Å²) < 4.78 is 43.0. The quantitative estimate of drug-likeness (QED) is 0.356. The second-order valence-corrected chi connectivity index (χ2v) is 10.9. The standard InChI is InChI=1S/C30H34F3N9O2/c1-5-24(43)41-14-13-39(16-20(41)11-12-34)27-22-15-35-42(23-10-8-9-19(4)25(23)30(31,32)33)28(44)26(22)36-29(37-27)40-17-21(18-40)38(6-2)7-3/h5,8-10,15,20-21H,1,6-7,11,13-14,16-18H2,2-4H3. The van der Waals surface area contributed by atoms with Gasteiger partial charge < -0.3 is 14.7 Å². The van der Waals surface area contributed by atoms with Gasteiger partial charge in [0.05, 0.1) is 41.4 Å². The molecule has 14 heteroatoms. The lowest BCUT2D eigenvalue weighted by atomic mass is 10.1. The monoisotopic (exact) mass is 609 g/mol. The number of fused-ring (bicyclic) bond motifs is 1. The molecule has 3 aromatic rings. The van der Waals surface area contributed by atoms with Crippen LogP contribution in [0.3, 0.4) is 0 Å². The molecule has 2 aliphatic rings. The zero-order valence-electron chi connectivity index (χ0n) is 24.9. The first-order valence-corrected chi connectivity index (χ1v) is 14.5. The minimum Gasteiger partial charge on any atom is -0.352 e. The molecule has 0 spiro atoms. The fraction of sp³-hybridized carbons (Fsp3) is 0.467. The summed E-state index contributed by atoms with van der Waals surface area (Å²) in [5.74, 6) is 0.374. The zero-order chi connectivity index (χ0) is 31.8. The summed E-state index contributed by atoms with van der Waals surface area (Å²) in [6, 6.07) is 5.94. The summed E-state index contributed by atoms with van der Waals surface area (Å²) in [6.07, 6.45) is -2.12. The molecule has 2 fully saturated rings. The van der Waals surface area contributed by atoms with Crippen molar-refractivity contribution in [3.8, 4) is 11.8 Å². The number of halogens is 3. The van der Waals surface area contributed by atoms with Crippen LogP contribution in [0.4, 0.5) is 24.9 Å². The largest absolute Gasteiger partial charge is 0.418 e. The first-order chi connectivity index (χ1) is 21.0. The number of nitriles is 1. The molecule has 1 unspecified atom stereocenters. The molecule has 232 valence electrons. The van der Waals surface area contributed by atoms with Crippen molar-refractivity contribution in [3.05, 3.63) is 58.5 Å². The molecule has 5 rings (SSSR count). The number of carbonyl (C=O) groups is 1. The predicted octanol–water partition coefficient (Wildman–Crippen LogP) is 3.15. The molecule has 0 aliphatic carbocycles. The van der Waals surface area contributed by atoms with E-state index in [9.17, 15) is 28.0 Å². The van der Waals surface area contributed by atoms with Crippen LogP contribution in [-0.4, -0.2) is 93.4 Å². The number of hydrogen-bond donors (Lipinski definition) is 0. The molecular formula is C30H34F3N9O2. The van der Waals surface area contributed by atoms with Crippen LogP contribution in [0.25, 0.3) is 16.6 Å². The SMILES string of the molecule is C=CC(=O)N1CCN(c2nc(N3CC(N(CC)CC)C3)nc3c(=O)n(-c4cccc(C)c4C(F)(F)F)ncc23)CC1CC#N. The van der Waals surface area contributed by atoms with Gasteiger partial charge in [-0.25, -0.2) is 4.98 Å². The third-order valence-corrected chi connectivity index (χ3v) is 8.41. The van der Waals surface area contributed by atoms with Crippen molar-refractivity contribution in [1.29, 1.82) is 5.26 Å². The van der Waals surface area contributed by atoms with E-state index >= 15 is 0 Å². The number of aryl methyl sites for hydroxylation is 1. The molecule has 44 heavy (non-hydrogen) atoms. The van der Waals surface area contributed by atoms with E-state index in [4.69, 9.17) is 4.98 Å². The molecule has 4 heterocycles. The number of likely N-dealkylation sites (N-methyl/N-ethyl adjacent to an activating group) is 1. The Labute approximate surface area is 252 Å². The number of anilines is 2. The first-order valence-electron chi connectivity index (χ1n) is 14.5.